The SMILES string of the molecule is O=C(O)[C@H]1O[C@@H](O)[C@@H](O)[C@@H](O)[C@@H]1O[C@@H]1O[C@@H](CO)[C@H](O)[C@@H](O)[C@@H]1O. The minimum absolute atomic E-state index is 0.738. The number of rotatable bonds is 4. The monoisotopic (exact) mass is 356 g/mol. The highest BCUT2D eigenvalue weighted by Gasteiger charge is 2.52. The number of hydrogen-bond acceptors (Lipinski definition) is 11. The molecule has 0 unspecified atom stereocenters. The second-order valence-corrected chi connectivity index (χ2v) is 5.56. The fourth-order valence-electron chi connectivity index (χ4n) is 2.54. The van der Waals surface area contributed by atoms with Crippen molar-refractivity contribution >= 4 is 5.97 Å². The quantitative estimate of drug-likeness (QED) is 0.238. The maximum Gasteiger partial charge on any atom is 0.335 e. The molecule has 2 rings (SSSR count). The van der Waals surface area contributed by atoms with Gasteiger partial charge in [-0.05, 0) is 0 Å². The molecule has 2 saturated heterocycles. The zero-order valence-corrected chi connectivity index (χ0v) is 12.2. The van der Waals surface area contributed by atoms with E-state index in [1.54, 1.807) is 0 Å². The zero-order chi connectivity index (χ0) is 18.2. The molecule has 0 aromatic carbocycles. The third-order valence-electron chi connectivity index (χ3n) is 3.95. The summed E-state index contributed by atoms with van der Waals surface area (Å²) in [5, 5.41) is 76.2. The van der Waals surface area contributed by atoms with Crippen molar-refractivity contribution in [3.05, 3.63) is 0 Å². The van der Waals surface area contributed by atoms with E-state index in [-0.39, 0.29) is 0 Å². The number of aliphatic carboxylic acids is 1. The third-order valence-corrected chi connectivity index (χ3v) is 3.95. The minimum atomic E-state index is -1.98. The Morgan fingerprint density at radius 2 is 1.50 bits per heavy atom. The number of hydrogen-bond donors (Lipinski definition) is 8. The molecular formula is C12H20O12. The van der Waals surface area contributed by atoms with E-state index in [9.17, 15) is 35.4 Å². The van der Waals surface area contributed by atoms with Gasteiger partial charge in [-0.25, -0.2) is 4.79 Å². The van der Waals surface area contributed by atoms with Crippen molar-refractivity contribution < 1.29 is 59.9 Å². The molecule has 0 amide bonds. The molecule has 8 N–H and O–H groups in total. The normalized spacial score (nSPS) is 49.8. The molecule has 2 fully saturated rings. The Morgan fingerprint density at radius 3 is 2.04 bits per heavy atom. The third kappa shape index (κ3) is 3.52. The molecule has 10 atom stereocenters. The maximum absolute atomic E-state index is 11.2. The van der Waals surface area contributed by atoms with Gasteiger partial charge < -0.3 is 55.1 Å². The van der Waals surface area contributed by atoms with Crippen molar-refractivity contribution in [2.24, 2.45) is 0 Å². The van der Waals surface area contributed by atoms with E-state index in [0.29, 0.717) is 0 Å². The highest BCUT2D eigenvalue weighted by molar-refractivity contribution is 5.73. The molecular weight excluding hydrogens is 336 g/mol. The van der Waals surface area contributed by atoms with Gasteiger partial charge in [0.15, 0.2) is 18.7 Å². The second-order valence-electron chi connectivity index (χ2n) is 5.56. The molecule has 0 aliphatic carbocycles. The van der Waals surface area contributed by atoms with Crippen molar-refractivity contribution in [1.82, 2.24) is 0 Å². The van der Waals surface area contributed by atoms with E-state index >= 15 is 0 Å². The summed E-state index contributed by atoms with van der Waals surface area (Å²) in [6, 6.07) is 0. The van der Waals surface area contributed by atoms with E-state index in [1.165, 1.54) is 0 Å². The van der Waals surface area contributed by atoms with Gasteiger partial charge in [-0.1, -0.05) is 0 Å². The Bertz CT molecular complexity index is 444. The first-order valence-corrected chi connectivity index (χ1v) is 7.07. The molecule has 2 heterocycles. The van der Waals surface area contributed by atoms with Gasteiger partial charge in [-0.2, -0.15) is 0 Å². The number of carboxylic acid groups (broad SMARTS) is 1. The van der Waals surface area contributed by atoms with Crippen LogP contribution < -0.4 is 0 Å². The summed E-state index contributed by atoms with van der Waals surface area (Å²) in [6.45, 7) is -0.738. The molecule has 0 radical (unpaired) electrons. The Labute approximate surface area is 135 Å². The molecule has 0 aromatic rings. The van der Waals surface area contributed by atoms with Gasteiger partial charge in [0.2, 0.25) is 0 Å². The van der Waals surface area contributed by atoms with Crippen LogP contribution in [0.25, 0.3) is 0 Å². The summed E-state index contributed by atoms with van der Waals surface area (Å²) in [7, 11) is 0. The Kier molecular flexibility index (Phi) is 6.09. The predicted octanol–water partition coefficient (Wildman–Crippen LogP) is -5.30. The number of aliphatic hydroxyl groups is 7. The van der Waals surface area contributed by atoms with E-state index in [2.05, 4.69) is 4.74 Å². The van der Waals surface area contributed by atoms with E-state index in [1.807, 2.05) is 0 Å². The van der Waals surface area contributed by atoms with Gasteiger partial charge in [-0.15, -0.1) is 0 Å². The lowest BCUT2D eigenvalue weighted by Crippen LogP contribution is -2.65. The summed E-state index contributed by atoms with van der Waals surface area (Å²) in [6.07, 6.45) is -17.8. The van der Waals surface area contributed by atoms with Crippen molar-refractivity contribution in [2.45, 2.75) is 61.4 Å². The first-order chi connectivity index (χ1) is 11.2. The first-order valence-electron chi connectivity index (χ1n) is 7.07. The predicted molar refractivity (Wildman–Crippen MR) is 69.2 cm³/mol. The van der Waals surface area contributed by atoms with Crippen LogP contribution in [0.4, 0.5) is 0 Å². The summed E-state index contributed by atoms with van der Waals surface area (Å²) in [5.74, 6) is -1.63. The molecule has 0 spiro atoms. The first kappa shape index (κ1) is 19.4. The van der Waals surface area contributed by atoms with Crippen molar-refractivity contribution in [3.8, 4) is 0 Å². The van der Waals surface area contributed by atoms with Crippen molar-refractivity contribution in [2.75, 3.05) is 6.61 Å². The lowest BCUT2D eigenvalue weighted by Gasteiger charge is -2.44. The van der Waals surface area contributed by atoms with E-state index in [4.69, 9.17) is 19.7 Å². The van der Waals surface area contributed by atoms with Crippen LogP contribution in [-0.4, -0.2) is 115 Å². The van der Waals surface area contributed by atoms with Crippen molar-refractivity contribution in [1.29, 1.82) is 0 Å². The molecule has 2 aliphatic rings. The second kappa shape index (κ2) is 7.53. The van der Waals surface area contributed by atoms with Crippen LogP contribution >= 0.6 is 0 Å². The van der Waals surface area contributed by atoms with E-state index < -0.39 is 74.0 Å². The number of aliphatic hydroxyl groups excluding tert-OH is 7. The van der Waals surface area contributed by atoms with Crippen molar-refractivity contribution in [3.63, 3.8) is 0 Å². The lowest BCUT2D eigenvalue weighted by atomic mass is 9.97. The van der Waals surface area contributed by atoms with Crippen LogP contribution in [0.1, 0.15) is 0 Å². The van der Waals surface area contributed by atoms with Crippen LogP contribution in [0.3, 0.4) is 0 Å². The molecule has 24 heavy (non-hydrogen) atoms. The Balaban J connectivity index is 2.18. The fourth-order valence-corrected chi connectivity index (χ4v) is 2.54. The molecule has 12 heteroatoms. The van der Waals surface area contributed by atoms with E-state index in [0.717, 1.165) is 0 Å². The lowest BCUT2D eigenvalue weighted by molar-refractivity contribution is -0.350. The van der Waals surface area contributed by atoms with Gasteiger partial charge in [0, 0.05) is 0 Å². The van der Waals surface area contributed by atoms with Crippen LogP contribution in [0.2, 0.25) is 0 Å². The largest absolute Gasteiger partial charge is 0.479 e. The molecule has 0 saturated carbocycles. The molecule has 0 bridgehead atoms. The van der Waals surface area contributed by atoms with Crippen LogP contribution in [0, 0.1) is 0 Å². The van der Waals surface area contributed by atoms with Gasteiger partial charge >= 0.3 is 5.97 Å². The Hall–Kier alpha value is -0.930. The maximum atomic E-state index is 11.2. The van der Waals surface area contributed by atoms with Crippen LogP contribution in [0.5, 0.6) is 0 Å². The summed E-state index contributed by atoms with van der Waals surface area (Å²) in [5.41, 5.74) is 0. The van der Waals surface area contributed by atoms with Gasteiger partial charge in [-0.3, -0.25) is 0 Å². The molecule has 140 valence electrons. The standard InChI is InChI=1S/C12H20O12/c13-1-2-3(14)4(15)7(18)12(22-2)24-8-5(16)6(17)11(21)23-9(8)10(19)20/h2-9,11-18,21H,1H2,(H,19,20)/t2-,3-,4+,5+,6-,7-,8-,9-,11+,12-/m0/s1. The molecule has 0 aromatic heterocycles. The smallest absolute Gasteiger partial charge is 0.335 e. The van der Waals surface area contributed by atoms with Gasteiger partial charge in [0.25, 0.3) is 0 Å². The number of carboxylic acids is 1. The fraction of sp³-hybridized carbons (Fsp3) is 0.917. The highest BCUT2D eigenvalue weighted by Crippen LogP contribution is 2.28. The summed E-state index contributed by atoms with van der Waals surface area (Å²) >= 11 is 0. The van der Waals surface area contributed by atoms with Gasteiger partial charge in [0.1, 0.15) is 42.7 Å². The molecule has 12 nitrogen and oxygen atoms in total. The topological polar surface area (TPSA) is 207 Å². The number of carbonyl (C=O) groups is 1. The van der Waals surface area contributed by atoms with Crippen LogP contribution in [-0.2, 0) is 19.0 Å². The van der Waals surface area contributed by atoms with Gasteiger partial charge in [0.05, 0.1) is 6.61 Å². The molecule has 2 aliphatic heterocycles. The average molecular weight is 356 g/mol. The summed E-state index contributed by atoms with van der Waals surface area (Å²) < 4.78 is 14.8. The number of ether oxygens (including phenoxy) is 3. The van der Waals surface area contributed by atoms with Crippen LogP contribution in [0.15, 0.2) is 0 Å². The minimum Gasteiger partial charge on any atom is -0.479 e. The summed E-state index contributed by atoms with van der Waals surface area (Å²) in [4.78, 5) is 11.2. The highest BCUT2D eigenvalue weighted by atomic mass is 16.7. The average Bonchev–Trinajstić information content (AvgIpc) is 2.54. The Morgan fingerprint density at radius 1 is 0.875 bits per heavy atom. The zero-order valence-electron chi connectivity index (χ0n) is 12.2.